The Balaban J connectivity index is 1.46. The van der Waals surface area contributed by atoms with Crippen molar-refractivity contribution in [1.82, 2.24) is 14.5 Å². The van der Waals surface area contributed by atoms with E-state index < -0.39 is 5.69 Å². The second-order valence-electron chi connectivity index (χ2n) is 9.40. The van der Waals surface area contributed by atoms with Gasteiger partial charge >= 0.3 is 5.69 Å². The van der Waals surface area contributed by atoms with Gasteiger partial charge in [-0.25, -0.2) is 9.36 Å². The Hall–Kier alpha value is -3.64. The first-order valence-corrected chi connectivity index (χ1v) is 12.7. The zero-order valence-electron chi connectivity index (χ0n) is 20.0. The molecule has 6 nitrogen and oxygen atoms in total. The Morgan fingerprint density at radius 1 is 0.861 bits per heavy atom. The summed E-state index contributed by atoms with van der Waals surface area (Å²) < 4.78 is 2.80. The fourth-order valence-electron chi connectivity index (χ4n) is 4.95. The van der Waals surface area contributed by atoms with Gasteiger partial charge in [-0.1, -0.05) is 67.3 Å². The molecule has 0 bridgehead atoms. The molecule has 0 aliphatic heterocycles. The Kier molecular flexibility index (Phi) is 7.05. The van der Waals surface area contributed by atoms with Crippen molar-refractivity contribution in [1.29, 1.82) is 0 Å². The van der Waals surface area contributed by atoms with Crippen LogP contribution in [0.3, 0.4) is 0 Å². The standard InChI is InChI=1S/C29H28ClN3O3/c30-22-14-10-21(11-15-22)19-32-26-9-5-4-8-25(26)28(35)33(29(32)36)24-16-12-20(13-17-24)18-27(34)31-23-6-2-1-3-7-23/h4-5,8-17,23H,1-3,6-7,18-19H2,(H,31,34). The van der Waals surface area contributed by atoms with E-state index >= 15 is 0 Å². The lowest BCUT2D eigenvalue weighted by molar-refractivity contribution is -0.121. The van der Waals surface area contributed by atoms with Crippen molar-refractivity contribution >= 4 is 28.4 Å². The number of carbonyl (C=O) groups excluding carboxylic acids is 1. The lowest BCUT2D eigenvalue weighted by atomic mass is 9.95. The van der Waals surface area contributed by atoms with Crippen molar-refractivity contribution in [2.24, 2.45) is 0 Å². The number of carbonyl (C=O) groups is 1. The van der Waals surface area contributed by atoms with Crippen LogP contribution in [0.2, 0.25) is 5.02 Å². The predicted molar refractivity (Wildman–Crippen MR) is 143 cm³/mol. The number of halogens is 1. The molecule has 7 heteroatoms. The molecule has 0 atom stereocenters. The summed E-state index contributed by atoms with van der Waals surface area (Å²) in [6.07, 6.45) is 5.91. The monoisotopic (exact) mass is 501 g/mol. The number of aromatic nitrogens is 2. The summed E-state index contributed by atoms with van der Waals surface area (Å²) in [5, 5.41) is 4.21. The first-order chi connectivity index (χ1) is 17.5. The van der Waals surface area contributed by atoms with Gasteiger partial charge in [-0.15, -0.1) is 0 Å². The average Bonchev–Trinajstić information content (AvgIpc) is 2.89. The maximum atomic E-state index is 13.6. The van der Waals surface area contributed by atoms with Crippen molar-refractivity contribution in [2.45, 2.75) is 51.1 Å². The molecule has 1 amide bonds. The molecule has 5 rings (SSSR count). The highest BCUT2D eigenvalue weighted by Gasteiger charge is 2.17. The van der Waals surface area contributed by atoms with Gasteiger partial charge in [0.1, 0.15) is 0 Å². The molecule has 0 radical (unpaired) electrons. The van der Waals surface area contributed by atoms with Gasteiger partial charge in [0.05, 0.1) is 29.6 Å². The molecule has 4 aromatic rings. The fourth-order valence-corrected chi connectivity index (χ4v) is 5.07. The molecular weight excluding hydrogens is 474 g/mol. The van der Waals surface area contributed by atoms with Crippen molar-refractivity contribution < 1.29 is 4.79 Å². The minimum atomic E-state index is -0.420. The van der Waals surface area contributed by atoms with Crippen LogP contribution < -0.4 is 16.6 Å². The Bertz CT molecular complexity index is 1500. The number of hydrogen-bond acceptors (Lipinski definition) is 3. The van der Waals surface area contributed by atoms with Crippen LogP contribution in [0.25, 0.3) is 16.6 Å². The first-order valence-electron chi connectivity index (χ1n) is 12.4. The van der Waals surface area contributed by atoms with Crippen LogP contribution in [0.5, 0.6) is 0 Å². The van der Waals surface area contributed by atoms with E-state index in [9.17, 15) is 14.4 Å². The van der Waals surface area contributed by atoms with Gasteiger partial charge in [0.15, 0.2) is 0 Å². The number of amides is 1. The molecule has 1 saturated carbocycles. The SMILES string of the molecule is O=C(Cc1ccc(-n2c(=O)c3ccccc3n(Cc3ccc(Cl)cc3)c2=O)cc1)NC1CCCCC1. The van der Waals surface area contributed by atoms with Crippen LogP contribution in [-0.4, -0.2) is 21.1 Å². The van der Waals surface area contributed by atoms with Gasteiger partial charge in [-0.05, 0) is 60.4 Å². The molecule has 1 heterocycles. The number of fused-ring (bicyclic) bond motifs is 1. The molecule has 184 valence electrons. The van der Waals surface area contributed by atoms with Gasteiger partial charge in [0.25, 0.3) is 5.56 Å². The third-order valence-electron chi connectivity index (χ3n) is 6.83. The van der Waals surface area contributed by atoms with E-state index in [4.69, 9.17) is 11.6 Å². The van der Waals surface area contributed by atoms with Gasteiger partial charge in [0, 0.05) is 11.1 Å². The third kappa shape index (κ3) is 5.14. The lowest BCUT2D eigenvalue weighted by Gasteiger charge is -2.22. The van der Waals surface area contributed by atoms with E-state index in [0.29, 0.717) is 28.2 Å². The van der Waals surface area contributed by atoms with Crippen molar-refractivity contribution in [3.63, 3.8) is 0 Å². The maximum absolute atomic E-state index is 13.6. The molecule has 0 saturated heterocycles. The molecule has 1 aromatic heterocycles. The molecule has 1 aliphatic rings. The number of para-hydroxylation sites is 1. The topological polar surface area (TPSA) is 73.1 Å². The van der Waals surface area contributed by atoms with Gasteiger partial charge in [-0.3, -0.25) is 14.2 Å². The molecule has 1 fully saturated rings. The Labute approximate surface area is 214 Å². The third-order valence-corrected chi connectivity index (χ3v) is 7.09. The van der Waals surface area contributed by atoms with Gasteiger partial charge in [0.2, 0.25) is 5.91 Å². The van der Waals surface area contributed by atoms with Crippen molar-refractivity contribution in [3.05, 3.63) is 110 Å². The van der Waals surface area contributed by atoms with E-state index in [-0.39, 0.29) is 23.9 Å². The number of rotatable bonds is 6. The number of hydrogen-bond donors (Lipinski definition) is 1. The minimum Gasteiger partial charge on any atom is -0.353 e. The molecule has 0 spiro atoms. The normalized spacial score (nSPS) is 14.1. The molecule has 1 N–H and O–H groups in total. The van der Waals surface area contributed by atoms with E-state index in [1.165, 1.54) is 11.0 Å². The first kappa shape index (κ1) is 24.1. The maximum Gasteiger partial charge on any atom is 0.336 e. The van der Waals surface area contributed by atoms with E-state index in [1.807, 2.05) is 18.2 Å². The van der Waals surface area contributed by atoms with Crippen molar-refractivity contribution in [2.75, 3.05) is 0 Å². The van der Waals surface area contributed by atoms with Crippen LogP contribution in [0, 0.1) is 0 Å². The van der Waals surface area contributed by atoms with E-state index in [1.54, 1.807) is 59.2 Å². The number of nitrogens with one attached hydrogen (secondary N) is 1. The average molecular weight is 502 g/mol. The summed E-state index contributed by atoms with van der Waals surface area (Å²) in [7, 11) is 0. The van der Waals surface area contributed by atoms with Gasteiger partial charge < -0.3 is 5.32 Å². The summed E-state index contributed by atoms with van der Waals surface area (Å²) >= 11 is 6.02. The molecule has 0 unspecified atom stereocenters. The summed E-state index contributed by atoms with van der Waals surface area (Å²) in [4.78, 5) is 39.4. The second kappa shape index (κ2) is 10.5. The zero-order valence-corrected chi connectivity index (χ0v) is 20.7. The zero-order chi connectivity index (χ0) is 25.1. The summed E-state index contributed by atoms with van der Waals surface area (Å²) in [5.41, 5.74) is 1.99. The molecular formula is C29H28ClN3O3. The highest BCUT2D eigenvalue weighted by molar-refractivity contribution is 6.30. The minimum absolute atomic E-state index is 0.00263. The largest absolute Gasteiger partial charge is 0.353 e. The van der Waals surface area contributed by atoms with Gasteiger partial charge in [-0.2, -0.15) is 0 Å². The highest BCUT2D eigenvalue weighted by Crippen LogP contribution is 2.18. The highest BCUT2D eigenvalue weighted by atomic mass is 35.5. The van der Waals surface area contributed by atoms with Crippen LogP contribution in [0.15, 0.2) is 82.4 Å². The number of benzene rings is 3. The number of nitrogens with zero attached hydrogens (tertiary/aromatic N) is 2. The van der Waals surface area contributed by atoms with Crippen LogP contribution in [0.4, 0.5) is 0 Å². The fraction of sp³-hybridized carbons (Fsp3) is 0.276. The smallest absolute Gasteiger partial charge is 0.336 e. The van der Waals surface area contributed by atoms with E-state index in [2.05, 4.69) is 5.32 Å². The van der Waals surface area contributed by atoms with Crippen LogP contribution in [-0.2, 0) is 17.8 Å². The lowest BCUT2D eigenvalue weighted by Crippen LogP contribution is -2.39. The summed E-state index contributed by atoms with van der Waals surface area (Å²) in [6.45, 7) is 0.302. The summed E-state index contributed by atoms with van der Waals surface area (Å²) in [5.74, 6) is 0.00263. The van der Waals surface area contributed by atoms with Crippen molar-refractivity contribution in [3.8, 4) is 5.69 Å². The quantitative estimate of drug-likeness (QED) is 0.410. The van der Waals surface area contributed by atoms with Crippen LogP contribution >= 0.6 is 11.6 Å². The molecule has 3 aromatic carbocycles. The molecule has 1 aliphatic carbocycles. The Morgan fingerprint density at radius 3 is 2.25 bits per heavy atom. The second-order valence-corrected chi connectivity index (χ2v) is 9.84. The predicted octanol–water partition coefficient (Wildman–Crippen LogP) is 4.85. The summed E-state index contributed by atoms with van der Waals surface area (Å²) in [6, 6.07) is 21.8. The van der Waals surface area contributed by atoms with Crippen LogP contribution in [0.1, 0.15) is 43.2 Å². The van der Waals surface area contributed by atoms with E-state index in [0.717, 1.165) is 36.8 Å². The molecule has 36 heavy (non-hydrogen) atoms. The Morgan fingerprint density at radius 2 is 1.53 bits per heavy atom.